The minimum atomic E-state index is 0.226. The van der Waals surface area contributed by atoms with Crippen LogP contribution in [-0.4, -0.2) is 25.8 Å². The molecule has 100 valence electrons. The van der Waals surface area contributed by atoms with Crippen molar-refractivity contribution in [2.45, 2.75) is 32.8 Å². The fraction of sp³-hybridized carbons (Fsp3) is 0.600. The van der Waals surface area contributed by atoms with E-state index in [1.807, 2.05) is 12.1 Å². The van der Waals surface area contributed by atoms with Crippen molar-refractivity contribution in [1.82, 2.24) is 5.32 Å². The van der Waals surface area contributed by atoms with Crippen LogP contribution in [0, 0.1) is 5.41 Å². The van der Waals surface area contributed by atoms with E-state index in [9.17, 15) is 0 Å². The molecule has 0 aromatic heterocycles. The largest absolute Gasteiger partial charge is 0.378 e. The number of ether oxygens (including phenoxy) is 1. The predicted octanol–water partition coefficient (Wildman–Crippen LogP) is 3.29. The zero-order chi connectivity index (χ0) is 13.0. The van der Waals surface area contributed by atoms with Gasteiger partial charge in [0.2, 0.25) is 0 Å². The summed E-state index contributed by atoms with van der Waals surface area (Å²) in [6.45, 7) is 7.25. The molecular weight excluding hydrogens is 246 g/mol. The van der Waals surface area contributed by atoms with Gasteiger partial charge in [-0.25, -0.2) is 0 Å². The van der Waals surface area contributed by atoms with E-state index in [4.69, 9.17) is 16.3 Å². The second kappa shape index (κ2) is 6.05. The minimum absolute atomic E-state index is 0.226. The molecular formula is C15H22ClNO. The maximum Gasteiger partial charge on any atom is 0.0619 e. The van der Waals surface area contributed by atoms with Crippen LogP contribution in [0.25, 0.3) is 0 Å². The molecule has 2 nitrogen and oxygen atoms in total. The molecule has 0 amide bonds. The first-order valence-electron chi connectivity index (χ1n) is 6.73. The fourth-order valence-electron chi connectivity index (χ4n) is 2.73. The average Bonchev–Trinajstić information content (AvgIpc) is 2.72. The van der Waals surface area contributed by atoms with E-state index in [0.29, 0.717) is 6.10 Å². The lowest BCUT2D eigenvalue weighted by atomic mass is 9.76. The molecule has 1 fully saturated rings. The number of rotatable bonds is 5. The second-order valence-electron chi connectivity index (χ2n) is 5.21. The van der Waals surface area contributed by atoms with Gasteiger partial charge >= 0.3 is 0 Å². The van der Waals surface area contributed by atoms with Crippen molar-refractivity contribution in [3.05, 3.63) is 34.9 Å². The first-order valence-corrected chi connectivity index (χ1v) is 7.11. The van der Waals surface area contributed by atoms with Crippen LogP contribution in [0.1, 0.15) is 25.8 Å². The Bertz CT molecular complexity index is 379. The maximum absolute atomic E-state index is 5.94. The Morgan fingerprint density at radius 3 is 2.67 bits per heavy atom. The summed E-state index contributed by atoms with van der Waals surface area (Å²) in [4.78, 5) is 0. The molecule has 2 atom stereocenters. The van der Waals surface area contributed by atoms with Crippen molar-refractivity contribution in [3.63, 3.8) is 0 Å². The van der Waals surface area contributed by atoms with Gasteiger partial charge in [0.1, 0.15) is 0 Å². The highest BCUT2D eigenvalue weighted by atomic mass is 35.5. The van der Waals surface area contributed by atoms with Gasteiger partial charge in [-0.1, -0.05) is 30.7 Å². The van der Waals surface area contributed by atoms with Gasteiger partial charge in [0.05, 0.1) is 6.10 Å². The van der Waals surface area contributed by atoms with Crippen molar-refractivity contribution < 1.29 is 4.74 Å². The van der Waals surface area contributed by atoms with E-state index in [2.05, 4.69) is 31.3 Å². The molecule has 1 saturated heterocycles. The van der Waals surface area contributed by atoms with Gasteiger partial charge in [-0.15, -0.1) is 0 Å². The fourth-order valence-corrected chi connectivity index (χ4v) is 2.85. The summed E-state index contributed by atoms with van der Waals surface area (Å²) in [5.74, 6) is 0. The summed E-state index contributed by atoms with van der Waals surface area (Å²) in [5, 5.41) is 4.29. The summed E-state index contributed by atoms with van der Waals surface area (Å²) in [5.41, 5.74) is 1.57. The molecule has 1 N–H and O–H groups in total. The quantitative estimate of drug-likeness (QED) is 0.884. The van der Waals surface area contributed by atoms with E-state index in [0.717, 1.165) is 37.6 Å². The normalized spacial score (nSPS) is 27.6. The number of hydrogen-bond donors (Lipinski definition) is 1. The van der Waals surface area contributed by atoms with E-state index < -0.39 is 0 Å². The van der Waals surface area contributed by atoms with Crippen LogP contribution < -0.4 is 5.32 Å². The van der Waals surface area contributed by atoms with Gasteiger partial charge in [-0.2, -0.15) is 0 Å². The molecule has 0 bridgehead atoms. The van der Waals surface area contributed by atoms with Crippen molar-refractivity contribution in [1.29, 1.82) is 0 Å². The number of halogens is 1. The highest BCUT2D eigenvalue weighted by Gasteiger charge is 2.40. The second-order valence-corrected chi connectivity index (χ2v) is 5.65. The predicted molar refractivity (Wildman–Crippen MR) is 76.2 cm³/mol. The number of nitrogens with one attached hydrogen (secondary N) is 1. The zero-order valence-electron chi connectivity index (χ0n) is 11.2. The van der Waals surface area contributed by atoms with Gasteiger partial charge in [0.25, 0.3) is 0 Å². The van der Waals surface area contributed by atoms with E-state index in [1.54, 1.807) is 0 Å². The molecule has 0 saturated carbocycles. The molecule has 1 heterocycles. The summed E-state index contributed by atoms with van der Waals surface area (Å²) >= 11 is 5.94. The lowest BCUT2D eigenvalue weighted by Crippen LogP contribution is -2.41. The van der Waals surface area contributed by atoms with Crippen molar-refractivity contribution in [2.75, 3.05) is 19.7 Å². The van der Waals surface area contributed by atoms with E-state index >= 15 is 0 Å². The molecule has 3 heteroatoms. The van der Waals surface area contributed by atoms with Crippen molar-refractivity contribution in [3.8, 4) is 0 Å². The van der Waals surface area contributed by atoms with Crippen LogP contribution in [0.3, 0.4) is 0 Å². The standard InChI is InChI=1S/C15H22ClNO/c1-3-17-11-15(8-9-18-12(15)2)10-13-4-6-14(16)7-5-13/h4-7,12,17H,3,8-11H2,1-2H3. The Kier molecular flexibility index (Phi) is 4.66. The van der Waals surface area contributed by atoms with Gasteiger partial charge in [-0.05, 0) is 44.0 Å². The topological polar surface area (TPSA) is 21.3 Å². The van der Waals surface area contributed by atoms with Gasteiger partial charge in [0, 0.05) is 23.6 Å². The Hall–Kier alpha value is -0.570. The molecule has 1 aliphatic heterocycles. The minimum Gasteiger partial charge on any atom is -0.378 e. The van der Waals surface area contributed by atoms with Crippen LogP contribution in [0.5, 0.6) is 0 Å². The molecule has 0 spiro atoms. The zero-order valence-corrected chi connectivity index (χ0v) is 12.0. The highest BCUT2D eigenvalue weighted by molar-refractivity contribution is 6.30. The number of hydrogen-bond acceptors (Lipinski definition) is 2. The third-order valence-corrected chi connectivity index (χ3v) is 4.28. The van der Waals surface area contributed by atoms with Crippen LogP contribution in [0.2, 0.25) is 5.02 Å². The third-order valence-electron chi connectivity index (χ3n) is 4.03. The molecule has 0 radical (unpaired) electrons. The Labute approximate surface area is 115 Å². The summed E-state index contributed by atoms with van der Waals surface area (Å²) < 4.78 is 5.80. The lowest BCUT2D eigenvalue weighted by Gasteiger charge is -2.32. The van der Waals surface area contributed by atoms with Gasteiger partial charge in [0.15, 0.2) is 0 Å². The Balaban J connectivity index is 2.12. The van der Waals surface area contributed by atoms with Gasteiger partial charge < -0.3 is 10.1 Å². The van der Waals surface area contributed by atoms with Crippen molar-refractivity contribution in [2.24, 2.45) is 5.41 Å². The molecule has 1 aromatic carbocycles. The number of benzene rings is 1. The smallest absolute Gasteiger partial charge is 0.0619 e. The van der Waals surface area contributed by atoms with Crippen LogP contribution in [-0.2, 0) is 11.2 Å². The van der Waals surface area contributed by atoms with E-state index in [1.165, 1.54) is 5.56 Å². The summed E-state index contributed by atoms with van der Waals surface area (Å²) in [6, 6.07) is 8.19. The van der Waals surface area contributed by atoms with Gasteiger partial charge in [-0.3, -0.25) is 0 Å². The summed E-state index contributed by atoms with van der Waals surface area (Å²) in [6.07, 6.45) is 2.49. The molecule has 1 aliphatic rings. The molecule has 1 aromatic rings. The Morgan fingerprint density at radius 2 is 2.11 bits per heavy atom. The van der Waals surface area contributed by atoms with Crippen LogP contribution >= 0.6 is 11.6 Å². The van der Waals surface area contributed by atoms with Crippen LogP contribution in [0.15, 0.2) is 24.3 Å². The molecule has 0 aliphatic carbocycles. The third kappa shape index (κ3) is 3.05. The maximum atomic E-state index is 5.94. The van der Waals surface area contributed by atoms with Crippen molar-refractivity contribution >= 4 is 11.6 Å². The molecule has 2 rings (SSSR count). The SMILES string of the molecule is CCNCC1(Cc2ccc(Cl)cc2)CCOC1C. The van der Waals surface area contributed by atoms with Crippen LogP contribution in [0.4, 0.5) is 0 Å². The highest BCUT2D eigenvalue weighted by Crippen LogP contribution is 2.37. The van der Waals surface area contributed by atoms with E-state index in [-0.39, 0.29) is 5.41 Å². The first-order chi connectivity index (χ1) is 8.66. The Morgan fingerprint density at radius 1 is 1.39 bits per heavy atom. The molecule has 18 heavy (non-hydrogen) atoms. The monoisotopic (exact) mass is 267 g/mol. The summed E-state index contributed by atoms with van der Waals surface area (Å²) in [7, 11) is 0. The average molecular weight is 268 g/mol. The lowest BCUT2D eigenvalue weighted by molar-refractivity contribution is 0.0633. The molecule has 2 unspecified atom stereocenters. The first kappa shape index (κ1) is 13.9.